The molecule has 1 aromatic heterocycles. The number of nitrogen functional groups attached to an aromatic ring is 1. The van der Waals surface area contributed by atoms with Gasteiger partial charge in [-0.15, -0.1) is 0 Å². The third kappa shape index (κ3) is 4.50. The highest BCUT2D eigenvalue weighted by Crippen LogP contribution is 2.14. The predicted octanol–water partition coefficient (Wildman–Crippen LogP) is 2.47. The van der Waals surface area contributed by atoms with Gasteiger partial charge in [0.25, 0.3) is 0 Å². The summed E-state index contributed by atoms with van der Waals surface area (Å²) in [6.45, 7) is 9.29. The van der Waals surface area contributed by atoms with E-state index in [2.05, 4.69) is 35.6 Å². The van der Waals surface area contributed by atoms with E-state index in [0.717, 1.165) is 18.7 Å². The summed E-state index contributed by atoms with van der Waals surface area (Å²) in [5.74, 6) is 0.667. The van der Waals surface area contributed by atoms with E-state index in [1.165, 1.54) is 12.8 Å². The number of amidine groups is 1. The van der Waals surface area contributed by atoms with Crippen molar-refractivity contribution in [3.05, 3.63) is 17.5 Å². The standard InChI is InChI=1S/C14H25N5/c1-5-6-7-8-19(10(2)3)14-17-11(4)9-12(18-14)13(15)16/h9-10H,5-8H2,1-4H3,(H3,15,16). The van der Waals surface area contributed by atoms with Gasteiger partial charge in [-0.05, 0) is 33.3 Å². The summed E-state index contributed by atoms with van der Waals surface area (Å²) in [5.41, 5.74) is 6.87. The Morgan fingerprint density at radius 1 is 1.37 bits per heavy atom. The molecule has 5 nitrogen and oxygen atoms in total. The SMILES string of the molecule is CCCCCN(c1nc(C)cc(C(=N)N)n1)C(C)C. The molecule has 0 fully saturated rings. The first kappa shape index (κ1) is 15.4. The molecular weight excluding hydrogens is 238 g/mol. The van der Waals surface area contributed by atoms with E-state index < -0.39 is 0 Å². The number of nitrogens with two attached hydrogens (primary N) is 1. The van der Waals surface area contributed by atoms with Crippen LogP contribution in [0.2, 0.25) is 0 Å². The van der Waals surface area contributed by atoms with E-state index in [0.29, 0.717) is 17.7 Å². The van der Waals surface area contributed by atoms with Crippen LogP contribution in [0.5, 0.6) is 0 Å². The van der Waals surface area contributed by atoms with E-state index in [4.69, 9.17) is 11.1 Å². The van der Waals surface area contributed by atoms with Crippen LogP contribution < -0.4 is 10.6 Å². The van der Waals surface area contributed by atoms with Crippen LogP contribution in [0, 0.1) is 12.3 Å². The molecule has 0 spiro atoms. The van der Waals surface area contributed by atoms with Crippen LogP contribution in [0.1, 0.15) is 51.4 Å². The van der Waals surface area contributed by atoms with Crippen molar-refractivity contribution in [2.75, 3.05) is 11.4 Å². The van der Waals surface area contributed by atoms with Gasteiger partial charge < -0.3 is 10.6 Å². The van der Waals surface area contributed by atoms with Gasteiger partial charge in [-0.1, -0.05) is 19.8 Å². The molecule has 106 valence electrons. The summed E-state index contributed by atoms with van der Waals surface area (Å²) >= 11 is 0. The van der Waals surface area contributed by atoms with Crippen molar-refractivity contribution in [1.82, 2.24) is 9.97 Å². The summed E-state index contributed by atoms with van der Waals surface area (Å²) in [6.07, 6.45) is 3.52. The van der Waals surface area contributed by atoms with Crippen LogP contribution in [-0.4, -0.2) is 28.4 Å². The fourth-order valence-electron chi connectivity index (χ4n) is 1.94. The van der Waals surface area contributed by atoms with Gasteiger partial charge >= 0.3 is 0 Å². The topological polar surface area (TPSA) is 78.9 Å². The van der Waals surface area contributed by atoms with E-state index in [1.54, 1.807) is 6.07 Å². The molecule has 0 atom stereocenters. The monoisotopic (exact) mass is 263 g/mol. The highest BCUT2D eigenvalue weighted by Gasteiger charge is 2.15. The van der Waals surface area contributed by atoms with Crippen LogP contribution >= 0.6 is 0 Å². The van der Waals surface area contributed by atoms with Gasteiger partial charge in [0.05, 0.1) is 0 Å². The smallest absolute Gasteiger partial charge is 0.226 e. The molecule has 1 heterocycles. The molecule has 0 saturated heterocycles. The highest BCUT2D eigenvalue weighted by atomic mass is 15.3. The summed E-state index contributed by atoms with van der Waals surface area (Å²) < 4.78 is 0. The molecule has 0 amide bonds. The first-order chi connectivity index (χ1) is 8.95. The number of nitrogens with zero attached hydrogens (tertiary/aromatic N) is 3. The largest absolute Gasteiger partial charge is 0.382 e. The Labute approximate surface area is 115 Å². The Morgan fingerprint density at radius 3 is 2.58 bits per heavy atom. The molecule has 1 rings (SSSR count). The maximum absolute atomic E-state index is 7.51. The lowest BCUT2D eigenvalue weighted by atomic mass is 10.2. The number of hydrogen-bond acceptors (Lipinski definition) is 4. The maximum Gasteiger partial charge on any atom is 0.226 e. The van der Waals surface area contributed by atoms with Crippen LogP contribution in [-0.2, 0) is 0 Å². The molecule has 0 unspecified atom stereocenters. The second kappa shape index (κ2) is 7.07. The first-order valence-corrected chi connectivity index (χ1v) is 6.92. The average molecular weight is 263 g/mol. The van der Waals surface area contributed by atoms with Crippen molar-refractivity contribution in [2.24, 2.45) is 5.73 Å². The molecule has 0 aliphatic heterocycles. The van der Waals surface area contributed by atoms with Crippen molar-refractivity contribution in [2.45, 2.75) is 53.0 Å². The van der Waals surface area contributed by atoms with Crippen LogP contribution in [0.15, 0.2) is 6.07 Å². The van der Waals surface area contributed by atoms with Crippen molar-refractivity contribution < 1.29 is 0 Å². The van der Waals surface area contributed by atoms with Crippen molar-refractivity contribution in [1.29, 1.82) is 5.41 Å². The Kier molecular flexibility index (Phi) is 5.73. The second-order valence-corrected chi connectivity index (χ2v) is 5.10. The normalized spacial score (nSPS) is 10.8. The predicted molar refractivity (Wildman–Crippen MR) is 79.8 cm³/mol. The molecule has 19 heavy (non-hydrogen) atoms. The Bertz CT molecular complexity index is 428. The minimum absolute atomic E-state index is 0.0102. The number of unbranched alkanes of at least 4 members (excludes halogenated alkanes) is 2. The molecule has 0 aromatic carbocycles. The summed E-state index contributed by atoms with van der Waals surface area (Å²) in [6, 6.07) is 2.08. The first-order valence-electron chi connectivity index (χ1n) is 6.92. The Hall–Kier alpha value is -1.65. The molecule has 5 heteroatoms. The zero-order chi connectivity index (χ0) is 14.4. The summed E-state index contributed by atoms with van der Waals surface area (Å²) in [4.78, 5) is 11.1. The minimum atomic E-state index is -0.0102. The van der Waals surface area contributed by atoms with E-state index in [1.807, 2.05) is 6.92 Å². The number of hydrogen-bond donors (Lipinski definition) is 2. The van der Waals surface area contributed by atoms with Crippen LogP contribution in [0.3, 0.4) is 0 Å². The fraction of sp³-hybridized carbons (Fsp3) is 0.643. The molecule has 0 bridgehead atoms. The van der Waals surface area contributed by atoms with E-state index in [-0.39, 0.29) is 5.84 Å². The molecular formula is C14H25N5. The summed E-state index contributed by atoms with van der Waals surface area (Å²) in [5, 5.41) is 7.51. The maximum atomic E-state index is 7.51. The van der Waals surface area contributed by atoms with E-state index in [9.17, 15) is 0 Å². The fourth-order valence-corrected chi connectivity index (χ4v) is 1.94. The minimum Gasteiger partial charge on any atom is -0.382 e. The van der Waals surface area contributed by atoms with Crippen molar-refractivity contribution in [3.63, 3.8) is 0 Å². The van der Waals surface area contributed by atoms with Gasteiger partial charge in [-0.2, -0.15) is 0 Å². The lowest BCUT2D eigenvalue weighted by molar-refractivity contribution is 0.611. The zero-order valence-electron chi connectivity index (χ0n) is 12.4. The molecule has 0 aliphatic carbocycles. The molecule has 0 radical (unpaired) electrons. The number of aromatic nitrogens is 2. The summed E-state index contributed by atoms with van der Waals surface area (Å²) in [7, 11) is 0. The van der Waals surface area contributed by atoms with Gasteiger partial charge in [0.2, 0.25) is 5.95 Å². The molecule has 0 saturated carbocycles. The van der Waals surface area contributed by atoms with Crippen LogP contribution in [0.4, 0.5) is 5.95 Å². The lowest BCUT2D eigenvalue weighted by Crippen LogP contribution is -2.34. The van der Waals surface area contributed by atoms with Gasteiger partial charge in [0, 0.05) is 18.3 Å². The average Bonchev–Trinajstić information content (AvgIpc) is 2.33. The molecule has 3 N–H and O–H groups in total. The van der Waals surface area contributed by atoms with Gasteiger partial charge in [-0.25, -0.2) is 9.97 Å². The number of aryl methyl sites for hydroxylation is 1. The van der Waals surface area contributed by atoms with Crippen LogP contribution in [0.25, 0.3) is 0 Å². The Balaban J connectivity index is 2.98. The van der Waals surface area contributed by atoms with Crippen molar-refractivity contribution >= 4 is 11.8 Å². The Morgan fingerprint density at radius 2 is 2.05 bits per heavy atom. The van der Waals surface area contributed by atoms with Gasteiger partial charge in [0.15, 0.2) is 0 Å². The second-order valence-electron chi connectivity index (χ2n) is 5.10. The molecule has 1 aromatic rings. The third-order valence-electron chi connectivity index (χ3n) is 3.00. The van der Waals surface area contributed by atoms with Gasteiger partial charge in [-0.3, -0.25) is 5.41 Å². The number of nitrogens with one attached hydrogen (secondary N) is 1. The quantitative estimate of drug-likeness (QED) is 0.450. The van der Waals surface area contributed by atoms with Crippen molar-refractivity contribution in [3.8, 4) is 0 Å². The van der Waals surface area contributed by atoms with E-state index >= 15 is 0 Å². The molecule has 0 aliphatic rings. The number of rotatable bonds is 7. The number of anilines is 1. The third-order valence-corrected chi connectivity index (χ3v) is 3.00. The zero-order valence-corrected chi connectivity index (χ0v) is 12.4. The lowest BCUT2D eigenvalue weighted by Gasteiger charge is -2.27. The van der Waals surface area contributed by atoms with Gasteiger partial charge in [0.1, 0.15) is 11.5 Å². The highest BCUT2D eigenvalue weighted by molar-refractivity contribution is 5.93.